The van der Waals surface area contributed by atoms with Crippen LogP contribution >= 0.6 is 27.5 Å². The Labute approximate surface area is 137 Å². The number of hydrogen-bond donors (Lipinski definition) is 1. The number of benzene rings is 2. The molecule has 0 saturated carbocycles. The van der Waals surface area contributed by atoms with Crippen molar-refractivity contribution in [2.24, 2.45) is 0 Å². The van der Waals surface area contributed by atoms with Crippen LogP contribution in [-0.2, 0) is 0 Å². The zero-order valence-electron chi connectivity index (χ0n) is 11.6. The predicted octanol–water partition coefficient (Wildman–Crippen LogP) is 4.74. The van der Waals surface area contributed by atoms with Crippen LogP contribution in [0.1, 0.15) is 23.7 Å². The number of nitrogens with zero attached hydrogens (tertiary/aromatic N) is 1. The average molecular weight is 368 g/mol. The second kappa shape index (κ2) is 6.96. The second-order valence-corrected chi connectivity index (χ2v) is 5.89. The molecule has 0 bridgehead atoms. The van der Waals surface area contributed by atoms with Crippen molar-refractivity contribution in [1.82, 2.24) is 0 Å². The number of carbonyl (C=O) groups excluding carboxylic acids is 1. The van der Waals surface area contributed by atoms with Crippen LogP contribution in [0.5, 0.6) is 0 Å². The van der Waals surface area contributed by atoms with Crippen molar-refractivity contribution >= 4 is 44.8 Å². The van der Waals surface area contributed by atoms with E-state index in [0.29, 0.717) is 27.3 Å². The molecule has 2 aromatic rings. The Morgan fingerprint density at radius 1 is 1.29 bits per heavy atom. The Hall–Kier alpha value is -1.52. The minimum atomic E-state index is -0.131. The fourth-order valence-electron chi connectivity index (χ4n) is 2.08. The lowest BCUT2D eigenvalue weighted by atomic mass is 10.1. The molecule has 0 aliphatic heterocycles. The summed E-state index contributed by atoms with van der Waals surface area (Å²) in [6.45, 7) is 2.63. The van der Waals surface area contributed by atoms with Gasteiger partial charge in [0.15, 0.2) is 0 Å². The van der Waals surface area contributed by atoms with E-state index in [1.165, 1.54) is 0 Å². The normalized spacial score (nSPS) is 10.4. The molecule has 0 aliphatic carbocycles. The molecular weight excluding hydrogens is 352 g/mol. The van der Waals surface area contributed by atoms with Gasteiger partial charge >= 0.3 is 0 Å². The maximum Gasteiger partial charge on any atom is 0.259 e. The summed E-state index contributed by atoms with van der Waals surface area (Å²) in [6.07, 6.45) is 0.839. The Morgan fingerprint density at radius 2 is 2.00 bits per heavy atom. The molecule has 0 saturated heterocycles. The lowest BCUT2D eigenvalue weighted by Crippen LogP contribution is -2.32. The first kappa shape index (κ1) is 15.9. The zero-order chi connectivity index (χ0) is 15.4. The fraction of sp³-hybridized carbons (Fsp3) is 0.188. The van der Waals surface area contributed by atoms with Crippen LogP contribution in [-0.4, -0.2) is 12.5 Å². The molecule has 21 heavy (non-hydrogen) atoms. The van der Waals surface area contributed by atoms with E-state index >= 15 is 0 Å². The summed E-state index contributed by atoms with van der Waals surface area (Å²) in [4.78, 5) is 14.5. The fourth-order valence-corrected chi connectivity index (χ4v) is 2.65. The number of amides is 1. The summed E-state index contributed by atoms with van der Waals surface area (Å²) < 4.78 is 0.707. The molecule has 5 heteroatoms. The van der Waals surface area contributed by atoms with Crippen molar-refractivity contribution < 1.29 is 4.79 Å². The van der Waals surface area contributed by atoms with Gasteiger partial charge < -0.3 is 10.6 Å². The van der Waals surface area contributed by atoms with E-state index in [2.05, 4.69) is 15.9 Å². The topological polar surface area (TPSA) is 46.3 Å². The number of halogens is 2. The van der Waals surface area contributed by atoms with Crippen molar-refractivity contribution in [3.05, 3.63) is 57.5 Å². The van der Waals surface area contributed by atoms with E-state index in [0.717, 1.165) is 12.1 Å². The molecule has 0 unspecified atom stereocenters. The Balaban J connectivity index is 2.42. The number of anilines is 2. The maximum absolute atomic E-state index is 12.8. The molecule has 2 N–H and O–H groups in total. The Morgan fingerprint density at radius 3 is 2.67 bits per heavy atom. The second-order valence-electron chi connectivity index (χ2n) is 4.65. The highest BCUT2D eigenvalue weighted by molar-refractivity contribution is 9.10. The number of carbonyl (C=O) groups is 1. The summed E-state index contributed by atoms with van der Waals surface area (Å²) in [6, 6.07) is 12.6. The van der Waals surface area contributed by atoms with E-state index < -0.39 is 0 Å². The van der Waals surface area contributed by atoms with Gasteiger partial charge in [-0.25, -0.2) is 0 Å². The molecular formula is C16H16BrClN2O. The van der Waals surface area contributed by atoms with Gasteiger partial charge in [-0.05, 0) is 52.7 Å². The number of nitrogens with two attached hydrogens (primary N) is 1. The third kappa shape index (κ3) is 3.57. The summed E-state index contributed by atoms with van der Waals surface area (Å²) >= 11 is 9.58. The van der Waals surface area contributed by atoms with E-state index in [1.54, 1.807) is 29.2 Å². The molecule has 2 aromatic carbocycles. The van der Waals surface area contributed by atoms with Crippen LogP contribution in [0.3, 0.4) is 0 Å². The van der Waals surface area contributed by atoms with Gasteiger partial charge in [-0.3, -0.25) is 4.79 Å². The van der Waals surface area contributed by atoms with Gasteiger partial charge in [-0.2, -0.15) is 0 Å². The average Bonchev–Trinajstić information content (AvgIpc) is 2.47. The minimum Gasteiger partial charge on any atom is -0.399 e. The molecule has 0 atom stereocenters. The van der Waals surface area contributed by atoms with Gasteiger partial charge in [0, 0.05) is 22.4 Å². The third-order valence-electron chi connectivity index (χ3n) is 3.06. The number of rotatable bonds is 4. The highest BCUT2D eigenvalue weighted by Crippen LogP contribution is 2.29. The van der Waals surface area contributed by atoms with Crippen LogP contribution in [0.2, 0.25) is 5.02 Å². The SMILES string of the molecule is CCCN(C(=O)c1cccc(Br)c1Cl)c1cccc(N)c1. The van der Waals surface area contributed by atoms with Gasteiger partial charge in [-0.1, -0.05) is 30.7 Å². The van der Waals surface area contributed by atoms with Gasteiger partial charge in [0.1, 0.15) is 0 Å². The van der Waals surface area contributed by atoms with Crippen LogP contribution in [0.15, 0.2) is 46.9 Å². The molecule has 0 fully saturated rings. The summed E-state index contributed by atoms with van der Waals surface area (Å²) in [5.74, 6) is -0.131. The lowest BCUT2D eigenvalue weighted by Gasteiger charge is -2.23. The van der Waals surface area contributed by atoms with Crippen LogP contribution in [0, 0.1) is 0 Å². The van der Waals surface area contributed by atoms with E-state index in [9.17, 15) is 4.79 Å². The Bertz CT molecular complexity index is 660. The van der Waals surface area contributed by atoms with E-state index in [4.69, 9.17) is 17.3 Å². The molecule has 0 spiro atoms. The summed E-state index contributed by atoms with van der Waals surface area (Å²) in [7, 11) is 0. The van der Waals surface area contributed by atoms with E-state index in [-0.39, 0.29) is 5.91 Å². The number of hydrogen-bond acceptors (Lipinski definition) is 2. The summed E-state index contributed by atoms with van der Waals surface area (Å²) in [5.41, 5.74) is 7.69. The van der Waals surface area contributed by atoms with Gasteiger partial charge in [0.2, 0.25) is 0 Å². The van der Waals surface area contributed by atoms with Gasteiger partial charge in [0.25, 0.3) is 5.91 Å². The molecule has 0 aliphatic rings. The molecule has 3 nitrogen and oxygen atoms in total. The molecule has 0 radical (unpaired) electrons. The monoisotopic (exact) mass is 366 g/mol. The largest absolute Gasteiger partial charge is 0.399 e. The van der Waals surface area contributed by atoms with Crippen molar-refractivity contribution in [3.8, 4) is 0 Å². The molecule has 0 heterocycles. The van der Waals surface area contributed by atoms with Crippen molar-refractivity contribution in [1.29, 1.82) is 0 Å². The first-order chi connectivity index (χ1) is 10.0. The first-order valence-electron chi connectivity index (χ1n) is 6.66. The van der Waals surface area contributed by atoms with Crippen molar-refractivity contribution in [3.63, 3.8) is 0 Å². The smallest absolute Gasteiger partial charge is 0.259 e. The predicted molar refractivity (Wildman–Crippen MR) is 92.0 cm³/mol. The molecule has 110 valence electrons. The molecule has 2 rings (SSSR count). The highest BCUT2D eigenvalue weighted by atomic mass is 79.9. The maximum atomic E-state index is 12.8. The van der Waals surface area contributed by atoms with Crippen LogP contribution < -0.4 is 10.6 Å². The van der Waals surface area contributed by atoms with Crippen LogP contribution in [0.4, 0.5) is 11.4 Å². The molecule has 1 amide bonds. The molecule has 0 aromatic heterocycles. The van der Waals surface area contributed by atoms with Crippen LogP contribution in [0.25, 0.3) is 0 Å². The van der Waals surface area contributed by atoms with E-state index in [1.807, 2.05) is 25.1 Å². The van der Waals surface area contributed by atoms with Crippen molar-refractivity contribution in [2.45, 2.75) is 13.3 Å². The standard InChI is InChI=1S/C16H16BrClN2O/c1-2-9-20(12-6-3-5-11(19)10-12)16(21)13-7-4-8-14(17)15(13)18/h3-8,10H,2,9,19H2,1H3. The Kier molecular flexibility index (Phi) is 5.26. The third-order valence-corrected chi connectivity index (χ3v) is 4.35. The highest BCUT2D eigenvalue weighted by Gasteiger charge is 2.20. The minimum absolute atomic E-state index is 0.131. The van der Waals surface area contributed by atoms with Gasteiger partial charge in [0.05, 0.1) is 10.6 Å². The zero-order valence-corrected chi connectivity index (χ0v) is 14.0. The number of nitrogen functional groups attached to an aromatic ring is 1. The lowest BCUT2D eigenvalue weighted by molar-refractivity contribution is 0.0987. The first-order valence-corrected chi connectivity index (χ1v) is 7.83. The van der Waals surface area contributed by atoms with Gasteiger partial charge in [-0.15, -0.1) is 0 Å². The van der Waals surface area contributed by atoms with Crippen molar-refractivity contribution in [2.75, 3.05) is 17.2 Å². The summed E-state index contributed by atoms with van der Waals surface area (Å²) in [5, 5.41) is 0.424. The quantitative estimate of drug-likeness (QED) is 0.793.